The van der Waals surface area contributed by atoms with Crippen molar-refractivity contribution in [1.29, 1.82) is 5.41 Å². The number of pyridine rings is 1. The van der Waals surface area contributed by atoms with Crippen molar-refractivity contribution in [3.8, 4) is 10.6 Å². The summed E-state index contributed by atoms with van der Waals surface area (Å²) in [7, 11) is 0. The predicted molar refractivity (Wildman–Crippen MR) is 97.3 cm³/mol. The molecule has 0 atom stereocenters. The van der Waals surface area contributed by atoms with Crippen molar-refractivity contribution in [1.82, 2.24) is 14.9 Å². The summed E-state index contributed by atoms with van der Waals surface area (Å²) in [5, 5.41) is 23.4. The topological polar surface area (TPSA) is 73.1 Å². The van der Waals surface area contributed by atoms with Crippen LogP contribution in [0.3, 0.4) is 0 Å². The van der Waals surface area contributed by atoms with E-state index in [1.165, 1.54) is 11.3 Å². The van der Waals surface area contributed by atoms with Crippen LogP contribution in [0.5, 0.6) is 0 Å². The van der Waals surface area contributed by atoms with E-state index in [9.17, 15) is 5.11 Å². The van der Waals surface area contributed by atoms with Gasteiger partial charge in [-0.3, -0.25) is 10.4 Å². The van der Waals surface area contributed by atoms with Crippen molar-refractivity contribution in [3.63, 3.8) is 0 Å². The van der Waals surface area contributed by atoms with Gasteiger partial charge in [0.25, 0.3) is 0 Å². The third kappa shape index (κ3) is 2.72. The molecule has 0 amide bonds. The lowest BCUT2D eigenvalue weighted by atomic mass is 10.2. The molecule has 4 rings (SSSR count). The number of thiazole rings is 1. The largest absolute Gasteiger partial charge is 0.510 e. The van der Waals surface area contributed by atoms with Gasteiger partial charge in [0, 0.05) is 24.3 Å². The van der Waals surface area contributed by atoms with Gasteiger partial charge < -0.3 is 10.0 Å². The van der Waals surface area contributed by atoms with E-state index in [4.69, 9.17) is 5.41 Å². The van der Waals surface area contributed by atoms with Crippen molar-refractivity contribution in [2.75, 3.05) is 6.54 Å². The number of rotatable bonds is 4. The van der Waals surface area contributed by atoms with Crippen LogP contribution in [0, 0.1) is 5.41 Å². The highest BCUT2D eigenvalue weighted by Crippen LogP contribution is 2.33. The molecular formula is C17H14N4OS2. The van der Waals surface area contributed by atoms with Gasteiger partial charge >= 0.3 is 0 Å². The minimum Gasteiger partial charge on any atom is -0.510 e. The maximum atomic E-state index is 10.4. The van der Waals surface area contributed by atoms with Crippen LogP contribution < -0.4 is 0 Å². The Kier molecular flexibility index (Phi) is 3.87. The van der Waals surface area contributed by atoms with Crippen LogP contribution in [0.15, 0.2) is 53.2 Å². The lowest BCUT2D eigenvalue weighted by molar-refractivity contribution is 0.347. The molecule has 3 aromatic heterocycles. The van der Waals surface area contributed by atoms with Gasteiger partial charge in [-0.2, -0.15) is 0 Å². The summed E-state index contributed by atoms with van der Waals surface area (Å²) in [6.45, 7) is 0.875. The fourth-order valence-electron chi connectivity index (χ4n) is 2.63. The molecule has 0 saturated heterocycles. The van der Waals surface area contributed by atoms with E-state index in [0.29, 0.717) is 29.5 Å². The molecule has 0 bridgehead atoms. The van der Waals surface area contributed by atoms with Crippen LogP contribution in [0.4, 0.5) is 0 Å². The fourth-order valence-corrected chi connectivity index (χ4v) is 4.28. The standard InChI is InChI=1S/C17H14N4OS2/c18-16-15(17-20-12(10-24-17)14-4-2-6-23-14)13(22)9-21(16)8-11-3-1-5-19-7-11/h1-7,10,18,22H,8-9H2. The van der Waals surface area contributed by atoms with Crippen LogP contribution in [0.1, 0.15) is 10.6 Å². The Hall–Kier alpha value is -2.51. The Labute approximate surface area is 147 Å². The number of aromatic nitrogens is 2. The second kappa shape index (κ2) is 6.18. The molecule has 24 heavy (non-hydrogen) atoms. The van der Waals surface area contributed by atoms with Crippen molar-refractivity contribution in [2.24, 2.45) is 0 Å². The minimum absolute atomic E-state index is 0.205. The monoisotopic (exact) mass is 354 g/mol. The summed E-state index contributed by atoms with van der Waals surface area (Å²) >= 11 is 3.09. The molecule has 4 heterocycles. The Morgan fingerprint density at radius 3 is 2.92 bits per heavy atom. The highest BCUT2D eigenvalue weighted by molar-refractivity contribution is 7.14. The van der Waals surface area contributed by atoms with E-state index in [0.717, 1.165) is 16.1 Å². The molecule has 2 N–H and O–H groups in total. The summed E-state index contributed by atoms with van der Waals surface area (Å²) in [5.74, 6) is 0.513. The fraction of sp³-hybridized carbons (Fsp3) is 0.118. The molecule has 0 unspecified atom stereocenters. The van der Waals surface area contributed by atoms with E-state index in [2.05, 4.69) is 9.97 Å². The molecular weight excluding hydrogens is 340 g/mol. The molecule has 1 aliphatic rings. The highest BCUT2D eigenvalue weighted by Gasteiger charge is 2.30. The molecule has 7 heteroatoms. The molecule has 3 aromatic rings. The van der Waals surface area contributed by atoms with Crippen molar-refractivity contribution in [2.45, 2.75) is 6.54 Å². The van der Waals surface area contributed by atoms with Gasteiger partial charge in [0.05, 0.1) is 22.7 Å². The van der Waals surface area contributed by atoms with Crippen molar-refractivity contribution >= 4 is 34.1 Å². The SMILES string of the molecule is N=C1C(c2nc(-c3cccs3)cs2)=C(O)CN1Cc1cccnc1. The van der Waals surface area contributed by atoms with Gasteiger partial charge in [-0.1, -0.05) is 12.1 Å². The van der Waals surface area contributed by atoms with Gasteiger partial charge in [0.15, 0.2) is 0 Å². The number of aliphatic hydroxyl groups excluding tert-OH is 1. The molecule has 5 nitrogen and oxygen atoms in total. The predicted octanol–water partition coefficient (Wildman–Crippen LogP) is 4.03. The molecule has 120 valence electrons. The maximum absolute atomic E-state index is 10.4. The Bertz CT molecular complexity index is 900. The Morgan fingerprint density at radius 2 is 2.17 bits per heavy atom. The number of nitrogens with zero attached hydrogens (tertiary/aromatic N) is 3. The molecule has 0 fully saturated rings. The summed E-state index contributed by atoms with van der Waals surface area (Å²) in [5.41, 5.74) is 2.44. The van der Waals surface area contributed by atoms with Gasteiger partial charge in [-0.25, -0.2) is 4.98 Å². The first kappa shape index (κ1) is 15.0. The minimum atomic E-state index is 0.205. The first-order valence-electron chi connectivity index (χ1n) is 7.37. The molecule has 0 spiro atoms. The summed E-state index contributed by atoms with van der Waals surface area (Å²) in [6.07, 6.45) is 3.50. The molecule has 0 aromatic carbocycles. The van der Waals surface area contributed by atoms with E-state index < -0.39 is 0 Å². The lowest BCUT2D eigenvalue weighted by Gasteiger charge is -2.18. The quantitative estimate of drug-likeness (QED) is 0.742. The zero-order valence-corrected chi connectivity index (χ0v) is 14.3. The van der Waals surface area contributed by atoms with Gasteiger partial charge in [-0.15, -0.1) is 22.7 Å². The van der Waals surface area contributed by atoms with Gasteiger partial charge in [0.2, 0.25) is 0 Å². The Balaban J connectivity index is 1.57. The van der Waals surface area contributed by atoms with Crippen LogP contribution in [0.25, 0.3) is 16.1 Å². The van der Waals surface area contributed by atoms with Gasteiger partial charge in [0.1, 0.15) is 16.6 Å². The number of thiophene rings is 1. The van der Waals surface area contributed by atoms with Crippen molar-refractivity contribution < 1.29 is 5.11 Å². The summed E-state index contributed by atoms with van der Waals surface area (Å²) in [6, 6.07) is 7.85. The smallest absolute Gasteiger partial charge is 0.135 e. The average Bonchev–Trinajstić information content (AvgIpc) is 3.30. The van der Waals surface area contributed by atoms with E-state index >= 15 is 0 Å². The zero-order chi connectivity index (χ0) is 16.5. The third-order valence-corrected chi connectivity index (χ3v) is 5.52. The van der Waals surface area contributed by atoms with E-state index in [1.54, 1.807) is 23.7 Å². The van der Waals surface area contributed by atoms with Crippen LogP contribution in [-0.4, -0.2) is 32.4 Å². The number of hydrogen-bond acceptors (Lipinski definition) is 6. The van der Waals surface area contributed by atoms with Crippen LogP contribution in [-0.2, 0) is 6.54 Å². The zero-order valence-electron chi connectivity index (χ0n) is 12.6. The number of aliphatic hydroxyl groups is 1. The second-order valence-corrected chi connectivity index (χ2v) is 7.21. The molecule has 1 aliphatic heterocycles. The van der Waals surface area contributed by atoms with E-state index in [1.807, 2.05) is 39.9 Å². The van der Waals surface area contributed by atoms with Gasteiger partial charge in [-0.05, 0) is 23.1 Å². The van der Waals surface area contributed by atoms with Crippen molar-refractivity contribution in [3.05, 3.63) is 63.7 Å². The third-order valence-electron chi connectivity index (χ3n) is 3.77. The first-order chi connectivity index (χ1) is 11.7. The number of amidine groups is 1. The van der Waals surface area contributed by atoms with Crippen LogP contribution in [0.2, 0.25) is 0 Å². The maximum Gasteiger partial charge on any atom is 0.135 e. The highest BCUT2D eigenvalue weighted by atomic mass is 32.1. The molecule has 0 saturated carbocycles. The summed E-state index contributed by atoms with van der Waals surface area (Å²) < 4.78 is 0. The molecule has 0 aliphatic carbocycles. The normalized spacial score (nSPS) is 14.7. The van der Waals surface area contributed by atoms with E-state index in [-0.39, 0.29) is 5.76 Å². The van der Waals surface area contributed by atoms with Crippen LogP contribution >= 0.6 is 22.7 Å². The second-order valence-electron chi connectivity index (χ2n) is 5.40. The number of nitrogens with one attached hydrogen (secondary N) is 1. The average molecular weight is 354 g/mol. The summed E-state index contributed by atoms with van der Waals surface area (Å²) in [4.78, 5) is 11.6. The number of hydrogen-bond donors (Lipinski definition) is 2. The lowest BCUT2D eigenvalue weighted by Crippen LogP contribution is -2.26. The Morgan fingerprint density at radius 1 is 1.25 bits per heavy atom. The first-order valence-corrected chi connectivity index (χ1v) is 9.13. The molecule has 0 radical (unpaired) electrons.